The number of carbonyl (C=O) groups is 4. The molecule has 0 bridgehead atoms. The van der Waals surface area contributed by atoms with Gasteiger partial charge in [0.1, 0.15) is 17.9 Å². The zero-order chi connectivity index (χ0) is 55.0. The molecule has 0 radical (unpaired) electrons. The number of aliphatic hydroxyl groups is 1. The average molecular weight is 1020 g/mol. The topological polar surface area (TPSA) is 157 Å². The second kappa shape index (κ2) is 37.2. The minimum Gasteiger partial charge on any atom is -0.391 e. The van der Waals surface area contributed by atoms with Gasteiger partial charge in [0.2, 0.25) is 6.41 Å². The number of rotatable bonds is 18. The summed E-state index contributed by atoms with van der Waals surface area (Å²) in [6, 6.07) is 4.43. The van der Waals surface area contributed by atoms with Crippen LogP contribution in [0.1, 0.15) is 149 Å². The van der Waals surface area contributed by atoms with Gasteiger partial charge in [-0.05, 0) is 135 Å². The number of halogens is 1. The van der Waals surface area contributed by atoms with E-state index in [1.54, 1.807) is 55.2 Å². The van der Waals surface area contributed by atoms with Crippen molar-refractivity contribution < 1.29 is 28.7 Å². The van der Waals surface area contributed by atoms with E-state index in [1.165, 1.54) is 57.6 Å². The number of carbonyl (C=O) groups excluding carboxylic acids is 4. The van der Waals surface area contributed by atoms with Crippen LogP contribution in [0.15, 0.2) is 52.6 Å². The first kappa shape index (κ1) is 66.4. The first-order valence-corrected chi connectivity index (χ1v) is 27.6. The lowest BCUT2D eigenvalue weighted by Gasteiger charge is -2.52. The minimum absolute atomic E-state index is 0.110. The van der Waals surface area contributed by atoms with Crippen LogP contribution in [0, 0.1) is 11.7 Å². The fourth-order valence-corrected chi connectivity index (χ4v) is 9.73. The maximum Gasteiger partial charge on any atom is 0.254 e. The molecule has 0 spiro atoms. The fourth-order valence-electron chi connectivity index (χ4n) is 9.73. The summed E-state index contributed by atoms with van der Waals surface area (Å²) in [4.78, 5) is 66.8. The lowest BCUT2D eigenvalue weighted by molar-refractivity contribution is -0.126. The second-order valence-corrected chi connectivity index (χ2v) is 18.7. The van der Waals surface area contributed by atoms with Crippen molar-refractivity contribution in [1.29, 1.82) is 0 Å². The van der Waals surface area contributed by atoms with Gasteiger partial charge >= 0.3 is 0 Å². The number of likely N-dealkylation sites (tertiary alicyclic amines) is 3. The SMILES string of the molecule is C=Cc1cc(N2CCC(N3CC(N4CCC(CC)CC4)C3)CC2)c(F)cc1C(=O)N(C)C(C)CCC=O.C=N/C=C1/C=CC(=O)N([C@H](CC)C(C)O)/C1=N/CNC1CCN(C)CC1.CC.CC.CC.CNC=O. The van der Waals surface area contributed by atoms with Crippen LogP contribution in [0.3, 0.4) is 0 Å². The third-order valence-corrected chi connectivity index (χ3v) is 14.3. The van der Waals surface area contributed by atoms with Crippen molar-refractivity contribution in [2.24, 2.45) is 15.9 Å². The molecule has 0 saturated carbocycles. The summed E-state index contributed by atoms with van der Waals surface area (Å²) in [7, 11) is 5.40. The molecule has 5 heterocycles. The Morgan fingerprint density at radius 2 is 1.52 bits per heavy atom. The summed E-state index contributed by atoms with van der Waals surface area (Å²) in [5, 5.41) is 15.8. The highest BCUT2D eigenvalue weighted by Gasteiger charge is 2.39. The first-order chi connectivity index (χ1) is 35.2. The standard InChI is InChI=1S/C30H45FN4O2.C19H31N5O2.C2H5NO.3C2H6/c1-5-23-9-13-33(14-10-23)26-20-35(21-26)25-11-15-34(16-12-25)29-18-24(6-2)27(19-28(29)31)30(37)32(4)22(3)8-7-17-36;1-5-17(14(2)25)24-18(26)7-6-15(12-20-3)19(24)22-13-21-16-8-10-23(4)11-9-16;1-3-2-4;3*1-2/h6,17-19,22-23,25-26H,2,5,7-16,20-21H2,1,3-4H3;6-7,12,14,16-17,21,25H,3,5,8-11,13H2,1-2,4H3;2H,1H3,(H,3,4);3*1-2H3/b;15-12-,22-19+;;;;/t;14?,17-;;;;/m.1..../s1. The number of aliphatic imine (C=N–C) groups is 2. The molecule has 3 N–H and O–H groups in total. The Labute approximate surface area is 441 Å². The smallest absolute Gasteiger partial charge is 0.254 e. The molecule has 1 aromatic rings. The summed E-state index contributed by atoms with van der Waals surface area (Å²) in [5.41, 5.74) is 2.25. The van der Waals surface area contributed by atoms with Crippen molar-refractivity contribution >= 4 is 48.8 Å². The fraction of sp³-hybridized carbons (Fsp3) is 0.684. The summed E-state index contributed by atoms with van der Waals surface area (Å²) in [6.45, 7) is 36.3. The molecule has 414 valence electrons. The summed E-state index contributed by atoms with van der Waals surface area (Å²) in [5.74, 6) is 0.684. The summed E-state index contributed by atoms with van der Waals surface area (Å²) >= 11 is 0. The van der Waals surface area contributed by atoms with Crippen LogP contribution >= 0.6 is 0 Å². The quantitative estimate of drug-likeness (QED) is 0.0966. The molecule has 4 fully saturated rings. The maximum absolute atomic E-state index is 15.3. The van der Waals surface area contributed by atoms with Crippen LogP contribution in [0.4, 0.5) is 10.1 Å². The lowest BCUT2D eigenvalue weighted by atomic mass is 9.91. The average Bonchev–Trinajstić information content (AvgIpc) is 3.41. The molecule has 5 aliphatic rings. The number of aliphatic hydroxyl groups excluding tert-OH is 1. The van der Waals surface area contributed by atoms with E-state index in [2.05, 4.69) is 67.5 Å². The van der Waals surface area contributed by atoms with E-state index in [0.717, 1.165) is 69.6 Å². The normalized spacial score (nSPS) is 20.3. The molecule has 1 aromatic carbocycles. The molecule has 16 heteroatoms. The first-order valence-electron chi connectivity index (χ1n) is 27.6. The molecule has 73 heavy (non-hydrogen) atoms. The van der Waals surface area contributed by atoms with Crippen LogP contribution in [0.5, 0.6) is 0 Å². The van der Waals surface area contributed by atoms with E-state index < -0.39 is 6.10 Å². The zero-order valence-corrected chi connectivity index (χ0v) is 47.5. The second-order valence-electron chi connectivity index (χ2n) is 18.7. The van der Waals surface area contributed by atoms with Crippen molar-refractivity contribution in [2.45, 2.75) is 170 Å². The molecule has 15 nitrogen and oxygen atoms in total. The maximum atomic E-state index is 15.3. The molecule has 3 amide bonds. The number of piperidine rings is 3. The largest absolute Gasteiger partial charge is 0.391 e. The zero-order valence-electron chi connectivity index (χ0n) is 47.5. The van der Waals surface area contributed by atoms with Crippen molar-refractivity contribution in [3.05, 3.63) is 59.6 Å². The molecule has 6 rings (SSSR count). The summed E-state index contributed by atoms with van der Waals surface area (Å²) in [6.07, 6.45) is 17.1. The number of hydrogen-bond donors (Lipinski definition) is 3. The molecular weight excluding hydrogens is 924 g/mol. The molecular formula is C57H99FN10O5. The number of aldehydes is 1. The number of anilines is 1. The highest BCUT2D eigenvalue weighted by atomic mass is 19.1. The van der Waals surface area contributed by atoms with Gasteiger partial charge in [0.05, 0.1) is 24.5 Å². The van der Waals surface area contributed by atoms with Gasteiger partial charge in [0.25, 0.3) is 11.8 Å². The van der Waals surface area contributed by atoms with E-state index in [-0.39, 0.29) is 29.7 Å². The predicted octanol–water partition coefficient (Wildman–Crippen LogP) is 8.29. The highest BCUT2D eigenvalue weighted by molar-refractivity contribution is 6.15. The van der Waals surface area contributed by atoms with Gasteiger partial charge in [-0.1, -0.05) is 74.5 Å². The number of hydrogen-bond acceptors (Lipinski definition) is 12. The lowest BCUT2D eigenvalue weighted by Crippen LogP contribution is -2.64. The van der Waals surface area contributed by atoms with E-state index in [9.17, 15) is 19.5 Å². The van der Waals surface area contributed by atoms with Crippen LogP contribution in [-0.2, 0) is 14.4 Å². The monoisotopic (exact) mass is 1020 g/mol. The molecule has 5 aliphatic heterocycles. The van der Waals surface area contributed by atoms with Crippen LogP contribution in [0.2, 0.25) is 0 Å². The van der Waals surface area contributed by atoms with Crippen molar-refractivity contribution in [1.82, 2.24) is 35.1 Å². The molecule has 4 saturated heterocycles. The van der Waals surface area contributed by atoms with Gasteiger partial charge in [-0.15, -0.1) is 0 Å². The van der Waals surface area contributed by atoms with Gasteiger partial charge in [0, 0.05) is 94.3 Å². The molecule has 0 aliphatic carbocycles. The Morgan fingerprint density at radius 3 is 2.03 bits per heavy atom. The Morgan fingerprint density at radius 1 is 0.918 bits per heavy atom. The highest BCUT2D eigenvalue weighted by Crippen LogP contribution is 2.32. The van der Waals surface area contributed by atoms with Crippen molar-refractivity contribution in [3.8, 4) is 0 Å². The van der Waals surface area contributed by atoms with Gasteiger partial charge in [-0.2, -0.15) is 0 Å². The third-order valence-electron chi connectivity index (χ3n) is 14.3. The third kappa shape index (κ3) is 20.6. The number of nitrogens with zero attached hydrogens (tertiary/aromatic N) is 8. The predicted molar refractivity (Wildman–Crippen MR) is 303 cm³/mol. The Balaban J connectivity index is 0.000000647. The Hall–Kier alpha value is -4.61. The van der Waals surface area contributed by atoms with Crippen LogP contribution in [-0.4, -0.2) is 183 Å². The van der Waals surface area contributed by atoms with Crippen molar-refractivity contribution in [2.75, 3.05) is 85.1 Å². The van der Waals surface area contributed by atoms with E-state index in [1.807, 2.05) is 55.4 Å². The minimum atomic E-state index is -0.652. The Kier molecular flexibility index (Phi) is 33.8. The Bertz CT molecular complexity index is 1860. The number of nitrogens with one attached hydrogen (secondary N) is 2. The van der Waals surface area contributed by atoms with Crippen LogP contribution < -0.4 is 15.5 Å². The van der Waals surface area contributed by atoms with Gasteiger partial charge in [-0.3, -0.25) is 44.4 Å². The number of amides is 3. The molecule has 0 aromatic heterocycles. The number of amidine groups is 1. The molecule has 2 unspecified atom stereocenters. The van der Waals surface area contributed by atoms with Crippen molar-refractivity contribution in [3.63, 3.8) is 0 Å². The molecule has 3 atom stereocenters. The van der Waals surface area contributed by atoms with Gasteiger partial charge in [-0.25, -0.2) is 4.39 Å². The van der Waals surface area contributed by atoms with E-state index in [4.69, 9.17) is 4.79 Å². The number of benzene rings is 1. The van der Waals surface area contributed by atoms with Gasteiger partial charge < -0.3 is 29.9 Å². The van der Waals surface area contributed by atoms with Crippen LogP contribution in [0.25, 0.3) is 6.08 Å². The summed E-state index contributed by atoms with van der Waals surface area (Å²) < 4.78 is 15.3. The van der Waals surface area contributed by atoms with Gasteiger partial charge in [0.15, 0.2) is 0 Å². The van der Waals surface area contributed by atoms with E-state index in [0.29, 0.717) is 73.1 Å². The van der Waals surface area contributed by atoms with E-state index >= 15 is 4.39 Å².